The minimum atomic E-state index is -2.93. The van der Waals surface area contributed by atoms with Crippen LogP contribution in [0, 0.1) is 0 Å². The maximum absolute atomic E-state index is 12.0. The van der Waals surface area contributed by atoms with Gasteiger partial charge in [-0.1, -0.05) is 0 Å². The maximum atomic E-state index is 12.0. The van der Waals surface area contributed by atoms with Gasteiger partial charge in [-0.3, -0.25) is 4.79 Å². The summed E-state index contributed by atoms with van der Waals surface area (Å²) in [4.78, 5) is 24.3. The number of carboxylic acid groups (broad SMARTS) is 1. The molecule has 0 saturated carbocycles. The van der Waals surface area contributed by atoms with Crippen molar-refractivity contribution < 1.29 is 23.1 Å². The molecule has 0 radical (unpaired) electrons. The van der Waals surface area contributed by atoms with Gasteiger partial charge in [-0.2, -0.15) is 0 Å². The number of hydrogen-bond acceptors (Lipinski definition) is 6. The van der Waals surface area contributed by atoms with E-state index in [1.165, 1.54) is 28.4 Å². The molecule has 6 nitrogen and oxygen atoms in total. The highest BCUT2D eigenvalue weighted by atomic mass is 32.2. The van der Waals surface area contributed by atoms with Crippen LogP contribution in [-0.2, 0) is 19.4 Å². The Morgan fingerprint density at radius 1 is 1.42 bits per heavy atom. The van der Waals surface area contributed by atoms with Crippen molar-refractivity contribution in [2.45, 2.75) is 17.7 Å². The molecule has 0 aromatic rings. The monoisotopic (exact) mass is 325 g/mol. The minimum absolute atomic E-state index is 0.0347. The lowest BCUT2D eigenvalue weighted by Crippen LogP contribution is -2.42. The molecule has 2 saturated heterocycles. The van der Waals surface area contributed by atoms with Crippen molar-refractivity contribution in [3.8, 4) is 0 Å². The molecular formula is C10H15NO5S3. The topological polar surface area (TPSA) is 91.8 Å². The lowest BCUT2D eigenvalue weighted by molar-refractivity contribution is -0.146. The molecule has 2 rings (SSSR count). The summed E-state index contributed by atoms with van der Waals surface area (Å²) in [5.41, 5.74) is 0. The van der Waals surface area contributed by atoms with Gasteiger partial charge in [0.15, 0.2) is 9.84 Å². The predicted molar refractivity (Wildman–Crippen MR) is 75.1 cm³/mol. The predicted octanol–water partition coefficient (Wildman–Crippen LogP) is -0.107. The van der Waals surface area contributed by atoms with Crippen molar-refractivity contribution in [2.75, 3.05) is 28.9 Å². The van der Waals surface area contributed by atoms with Crippen LogP contribution in [0.3, 0.4) is 0 Å². The van der Waals surface area contributed by atoms with Gasteiger partial charge in [0.1, 0.15) is 6.04 Å². The molecule has 1 amide bonds. The van der Waals surface area contributed by atoms with E-state index in [-0.39, 0.29) is 28.4 Å². The Morgan fingerprint density at radius 3 is 2.74 bits per heavy atom. The average Bonchev–Trinajstić information content (AvgIpc) is 2.92. The maximum Gasteiger partial charge on any atom is 0.327 e. The van der Waals surface area contributed by atoms with E-state index < -0.39 is 21.8 Å². The molecule has 2 aliphatic rings. The Hall–Kier alpha value is -0.410. The Balaban J connectivity index is 1.83. The van der Waals surface area contributed by atoms with Crippen molar-refractivity contribution in [1.82, 2.24) is 4.90 Å². The number of carboxylic acids is 1. The van der Waals surface area contributed by atoms with E-state index in [1.54, 1.807) is 0 Å². The smallest absolute Gasteiger partial charge is 0.327 e. The van der Waals surface area contributed by atoms with E-state index in [0.29, 0.717) is 18.1 Å². The third-order valence-corrected chi connectivity index (χ3v) is 7.40. The fourth-order valence-electron chi connectivity index (χ4n) is 2.06. The quantitative estimate of drug-likeness (QED) is 0.771. The summed E-state index contributed by atoms with van der Waals surface area (Å²) < 4.78 is 22.6. The summed E-state index contributed by atoms with van der Waals surface area (Å²) in [7, 11) is -2.93. The first-order chi connectivity index (χ1) is 8.89. The number of thioether (sulfide) groups is 2. The number of amides is 1. The van der Waals surface area contributed by atoms with Crippen LogP contribution in [0.2, 0.25) is 0 Å². The molecule has 2 aliphatic heterocycles. The highest BCUT2D eigenvalue weighted by molar-refractivity contribution is 8.02. The first-order valence-electron chi connectivity index (χ1n) is 5.81. The molecule has 108 valence electrons. The Bertz CT molecular complexity index is 478. The molecule has 9 heteroatoms. The highest BCUT2D eigenvalue weighted by Crippen LogP contribution is 2.26. The van der Waals surface area contributed by atoms with Crippen LogP contribution in [0.5, 0.6) is 0 Å². The third kappa shape index (κ3) is 3.79. The summed E-state index contributed by atoms with van der Waals surface area (Å²) in [5.74, 6) is 0.101. The summed E-state index contributed by atoms with van der Waals surface area (Å²) in [6.45, 7) is 0. The number of carbonyl (C=O) groups is 2. The molecule has 19 heavy (non-hydrogen) atoms. The fraction of sp³-hybridized carbons (Fsp3) is 0.800. The molecule has 0 aromatic carbocycles. The van der Waals surface area contributed by atoms with E-state index >= 15 is 0 Å². The molecule has 1 unspecified atom stereocenters. The molecule has 2 heterocycles. The summed E-state index contributed by atoms with van der Waals surface area (Å²) in [6.07, 6.45) is 0.581. The van der Waals surface area contributed by atoms with Gasteiger partial charge in [0.2, 0.25) is 5.91 Å². The zero-order valence-electron chi connectivity index (χ0n) is 10.1. The zero-order chi connectivity index (χ0) is 14.0. The second-order valence-electron chi connectivity index (χ2n) is 4.55. The van der Waals surface area contributed by atoms with Gasteiger partial charge >= 0.3 is 5.97 Å². The van der Waals surface area contributed by atoms with Gasteiger partial charge in [0.05, 0.1) is 23.1 Å². The molecule has 0 bridgehead atoms. The lowest BCUT2D eigenvalue weighted by Gasteiger charge is -2.20. The number of hydrogen-bond donors (Lipinski definition) is 1. The van der Waals surface area contributed by atoms with Gasteiger partial charge in [0.25, 0.3) is 0 Å². The Morgan fingerprint density at radius 2 is 2.16 bits per heavy atom. The van der Waals surface area contributed by atoms with Crippen molar-refractivity contribution in [3.63, 3.8) is 0 Å². The number of aliphatic carboxylic acids is 1. The van der Waals surface area contributed by atoms with Crippen molar-refractivity contribution in [1.29, 1.82) is 0 Å². The first kappa shape index (κ1) is 15.0. The van der Waals surface area contributed by atoms with Gasteiger partial charge in [-0.15, -0.1) is 23.5 Å². The molecule has 0 aliphatic carbocycles. The summed E-state index contributed by atoms with van der Waals surface area (Å²) in [5, 5.41) is 8.95. The lowest BCUT2D eigenvalue weighted by atomic mass is 10.3. The van der Waals surface area contributed by atoms with Crippen LogP contribution < -0.4 is 0 Å². The van der Waals surface area contributed by atoms with Crippen LogP contribution >= 0.6 is 23.5 Å². The Labute approximate surface area is 120 Å². The summed E-state index contributed by atoms with van der Waals surface area (Å²) in [6, 6.07) is -0.745. The first-order valence-corrected chi connectivity index (χ1v) is 9.83. The molecular weight excluding hydrogens is 310 g/mol. The van der Waals surface area contributed by atoms with Gasteiger partial charge in [0, 0.05) is 11.0 Å². The summed E-state index contributed by atoms with van der Waals surface area (Å²) >= 11 is 2.75. The standard InChI is InChI=1S/C10H15NO5S3/c12-9(11-6-17-3-8(11)10(13)14)4-18-7-1-2-19(15,16)5-7/h7-8H,1-6H2,(H,13,14)/t7?,8-/m0/s1. The van der Waals surface area contributed by atoms with Crippen molar-refractivity contribution in [2.24, 2.45) is 0 Å². The second kappa shape index (κ2) is 5.92. The molecule has 0 spiro atoms. The van der Waals surface area contributed by atoms with Gasteiger partial charge in [-0.25, -0.2) is 13.2 Å². The molecule has 0 aromatic heterocycles. The van der Waals surface area contributed by atoms with Crippen LogP contribution in [0.25, 0.3) is 0 Å². The highest BCUT2D eigenvalue weighted by Gasteiger charge is 2.35. The SMILES string of the molecule is O=C(O)[C@@H]1CSCN1C(=O)CSC1CCS(=O)(=O)C1. The van der Waals surface area contributed by atoms with Gasteiger partial charge < -0.3 is 10.0 Å². The van der Waals surface area contributed by atoms with Crippen LogP contribution in [0.4, 0.5) is 0 Å². The Kier molecular flexibility index (Phi) is 4.67. The third-order valence-electron chi connectivity index (χ3n) is 3.12. The zero-order valence-corrected chi connectivity index (χ0v) is 12.6. The van der Waals surface area contributed by atoms with Gasteiger partial charge in [-0.05, 0) is 6.42 Å². The van der Waals surface area contributed by atoms with E-state index in [0.717, 1.165) is 0 Å². The van der Waals surface area contributed by atoms with Crippen LogP contribution in [0.15, 0.2) is 0 Å². The molecule has 2 fully saturated rings. The number of nitrogens with zero attached hydrogens (tertiary/aromatic N) is 1. The minimum Gasteiger partial charge on any atom is -0.480 e. The molecule has 1 N–H and O–H groups in total. The van der Waals surface area contributed by atoms with E-state index in [2.05, 4.69) is 0 Å². The largest absolute Gasteiger partial charge is 0.480 e. The fourth-order valence-corrected chi connectivity index (χ4v) is 6.76. The number of rotatable bonds is 4. The second-order valence-corrected chi connectivity index (χ2v) is 9.07. The number of carbonyl (C=O) groups excluding carboxylic acids is 1. The van der Waals surface area contributed by atoms with Crippen LogP contribution in [-0.4, -0.2) is 70.5 Å². The van der Waals surface area contributed by atoms with E-state index in [4.69, 9.17) is 5.11 Å². The van der Waals surface area contributed by atoms with Crippen LogP contribution in [0.1, 0.15) is 6.42 Å². The normalized spacial score (nSPS) is 29.6. The average molecular weight is 325 g/mol. The van der Waals surface area contributed by atoms with E-state index in [9.17, 15) is 18.0 Å². The molecule has 2 atom stereocenters. The number of sulfone groups is 1. The van der Waals surface area contributed by atoms with Crippen molar-refractivity contribution >= 4 is 45.2 Å². The van der Waals surface area contributed by atoms with Crippen molar-refractivity contribution in [3.05, 3.63) is 0 Å². The van der Waals surface area contributed by atoms with E-state index in [1.807, 2.05) is 0 Å².